The van der Waals surface area contributed by atoms with Gasteiger partial charge >= 0.3 is 0 Å². The van der Waals surface area contributed by atoms with Crippen LogP contribution >= 0.6 is 0 Å². The van der Waals surface area contributed by atoms with E-state index in [0.29, 0.717) is 0 Å². The predicted octanol–water partition coefficient (Wildman–Crippen LogP) is 16.2. The van der Waals surface area contributed by atoms with E-state index >= 15 is 0 Å². The van der Waals surface area contributed by atoms with Crippen LogP contribution in [-0.4, -0.2) is 0 Å². The molecule has 10 aromatic carbocycles. The molecule has 0 amide bonds. The molecule has 0 N–H and O–H groups in total. The lowest BCUT2D eigenvalue weighted by Crippen LogP contribution is -2.16. The first-order valence-corrected chi connectivity index (χ1v) is 20.7. The third-order valence-electron chi connectivity index (χ3n) is 12.7. The third kappa shape index (κ3) is 5.84. The van der Waals surface area contributed by atoms with E-state index in [1.54, 1.807) is 0 Å². The minimum absolute atomic E-state index is 0.108. The van der Waals surface area contributed by atoms with E-state index in [9.17, 15) is 0 Å². The van der Waals surface area contributed by atoms with Crippen molar-refractivity contribution in [3.05, 3.63) is 223 Å². The smallest absolute Gasteiger partial charge is 0.0465 e. The fraction of sp³-hybridized carbons (Fsp3) is 0.0690. The summed E-state index contributed by atoms with van der Waals surface area (Å²) in [6.07, 6.45) is 0. The molecule has 0 saturated heterocycles. The first-order chi connectivity index (χ1) is 28.9. The molecule has 0 atom stereocenters. The highest BCUT2D eigenvalue weighted by Crippen LogP contribution is 2.51. The molecule has 0 spiro atoms. The SMILES string of the molecule is Cc1ccc2c(c1)C(C)(C)c1cc(N(c3ccc(-c4ccc(-c5ccccc5)cc4)cc3)c3ccc(-c4ccc5c6ccccc6c6ccccc6c5c4)cc3)ccc1-2. The Labute approximate surface area is 346 Å². The van der Waals surface area contributed by atoms with Gasteiger partial charge in [0.25, 0.3) is 0 Å². The van der Waals surface area contributed by atoms with Crippen LogP contribution in [-0.2, 0) is 5.41 Å². The average molecular weight is 754 g/mol. The van der Waals surface area contributed by atoms with Crippen LogP contribution in [0.15, 0.2) is 206 Å². The number of anilines is 3. The van der Waals surface area contributed by atoms with Gasteiger partial charge in [0.15, 0.2) is 0 Å². The zero-order chi connectivity index (χ0) is 39.7. The van der Waals surface area contributed by atoms with E-state index in [4.69, 9.17) is 0 Å². The van der Waals surface area contributed by atoms with Gasteiger partial charge in [-0.15, -0.1) is 0 Å². The Bertz CT molecular complexity index is 3170. The van der Waals surface area contributed by atoms with Crippen LogP contribution in [0.1, 0.15) is 30.5 Å². The molecule has 0 saturated carbocycles. The van der Waals surface area contributed by atoms with Gasteiger partial charge in [-0.05, 0) is 137 Å². The average Bonchev–Trinajstić information content (AvgIpc) is 3.51. The van der Waals surface area contributed by atoms with Crippen LogP contribution in [0.25, 0.3) is 76.8 Å². The Morgan fingerprint density at radius 3 is 1.25 bits per heavy atom. The molecule has 0 radical (unpaired) electrons. The van der Waals surface area contributed by atoms with E-state index in [0.717, 1.165) is 17.1 Å². The lowest BCUT2D eigenvalue weighted by atomic mass is 9.82. The second-order valence-electron chi connectivity index (χ2n) is 16.6. The van der Waals surface area contributed by atoms with Gasteiger partial charge in [0.2, 0.25) is 0 Å². The maximum atomic E-state index is 2.42. The van der Waals surface area contributed by atoms with E-state index in [1.807, 2.05) is 0 Å². The van der Waals surface area contributed by atoms with E-state index in [2.05, 4.69) is 232 Å². The van der Waals surface area contributed by atoms with Crippen molar-refractivity contribution in [1.29, 1.82) is 0 Å². The summed E-state index contributed by atoms with van der Waals surface area (Å²) in [7, 11) is 0. The summed E-state index contributed by atoms with van der Waals surface area (Å²) in [6, 6.07) is 76.2. The Kier molecular flexibility index (Phi) is 8.13. The summed E-state index contributed by atoms with van der Waals surface area (Å²) in [4.78, 5) is 2.41. The summed E-state index contributed by atoms with van der Waals surface area (Å²) in [6.45, 7) is 6.93. The van der Waals surface area contributed by atoms with Gasteiger partial charge < -0.3 is 4.90 Å². The van der Waals surface area contributed by atoms with Crippen LogP contribution < -0.4 is 4.90 Å². The molecular formula is C58H43N. The Hall–Kier alpha value is -7.22. The number of nitrogens with zero attached hydrogens (tertiary/aromatic N) is 1. The van der Waals surface area contributed by atoms with Crippen molar-refractivity contribution in [2.75, 3.05) is 4.90 Å². The molecule has 10 aromatic rings. The van der Waals surface area contributed by atoms with Gasteiger partial charge in [-0.3, -0.25) is 0 Å². The predicted molar refractivity (Wildman–Crippen MR) is 252 cm³/mol. The molecule has 1 heteroatoms. The highest BCUT2D eigenvalue weighted by atomic mass is 15.1. The quantitative estimate of drug-likeness (QED) is 0.153. The van der Waals surface area contributed by atoms with Crippen LogP contribution in [0, 0.1) is 6.92 Å². The normalized spacial score (nSPS) is 12.8. The molecule has 1 nitrogen and oxygen atoms in total. The van der Waals surface area contributed by atoms with Crippen molar-refractivity contribution >= 4 is 49.4 Å². The number of benzene rings is 10. The summed E-state index contributed by atoms with van der Waals surface area (Å²) in [5, 5.41) is 7.76. The Morgan fingerprint density at radius 1 is 0.305 bits per heavy atom. The maximum Gasteiger partial charge on any atom is 0.0465 e. The standard InChI is InChI=1S/C58H43N/c1-38-17-32-53-54-34-31-47(37-57(54)58(2,3)56(53)35-38)59(45-27-22-42(23-28-45)41-20-18-40(19-21-41)39-11-5-4-6-12-39)46-29-24-43(25-30-46)44-26-33-52-50-15-8-7-13-48(50)49-14-9-10-16-51(49)55(52)36-44/h4-37H,1-3H3. The fourth-order valence-corrected chi connectivity index (χ4v) is 9.60. The summed E-state index contributed by atoms with van der Waals surface area (Å²) in [5.41, 5.74) is 17.3. The van der Waals surface area contributed by atoms with Crippen molar-refractivity contribution in [3.8, 4) is 44.5 Å². The molecule has 1 aliphatic carbocycles. The highest BCUT2D eigenvalue weighted by molar-refractivity contribution is 6.25. The molecule has 1 aliphatic rings. The molecule has 11 rings (SSSR count). The number of hydrogen-bond acceptors (Lipinski definition) is 1. The van der Waals surface area contributed by atoms with E-state index in [1.165, 1.54) is 93.5 Å². The van der Waals surface area contributed by atoms with Gasteiger partial charge in [0.1, 0.15) is 0 Å². The van der Waals surface area contributed by atoms with Gasteiger partial charge in [-0.2, -0.15) is 0 Å². The molecule has 0 fully saturated rings. The lowest BCUT2D eigenvalue weighted by molar-refractivity contribution is 0.660. The molecule has 0 aliphatic heterocycles. The number of fused-ring (bicyclic) bond motifs is 9. The summed E-state index contributed by atoms with van der Waals surface area (Å²) >= 11 is 0. The first kappa shape index (κ1) is 35.0. The molecular weight excluding hydrogens is 711 g/mol. The van der Waals surface area contributed by atoms with Gasteiger partial charge in [0.05, 0.1) is 0 Å². The van der Waals surface area contributed by atoms with Crippen LogP contribution in [0.3, 0.4) is 0 Å². The van der Waals surface area contributed by atoms with Crippen molar-refractivity contribution in [2.45, 2.75) is 26.2 Å². The van der Waals surface area contributed by atoms with Crippen molar-refractivity contribution < 1.29 is 0 Å². The summed E-state index contributed by atoms with van der Waals surface area (Å²) < 4.78 is 0. The molecule has 59 heavy (non-hydrogen) atoms. The Morgan fingerprint density at radius 2 is 0.695 bits per heavy atom. The second-order valence-corrected chi connectivity index (χ2v) is 16.6. The first-order valence-electron chi connectivity index (χ1n) is 20.7. The second kappa shape index (κ2) is 13.7. The van der Waals surface area contributed by atoms with Crippen LogP contribution in [0.2, 0.25) is 0 Å². The molecule has 280 valence electrons. The molecule has 0 bridgehead atoms. The molecule has 0 unspecified atom stereocenters. The maximum absolute atomic E-state index is 2.42. The van der Waals surface area contributed by atoms with E-state index in [-0.39, 0.29) is 5.41 Å². The van der Waals surface area contributed by atoms with Crippen molar-refractivity contribution in [1.82, 2.24) is 0 Å². The fourth-order valence-electron chi connectivity index (χ4n) is 9.60. The molecule has 0 aromatic heterocycles. The van der Waals surface area contributed by atoms with Crippen LogP contribution in [0.5, 0.6) is 0 Å². The largest absolute Gasteiger partial charge is 0.310 e. The van der Waals surface area contributed by atoms with Gasteiger partial charge in [-0.1, -0.05) is 183 Å². The minimum Gasteiger partial charge on any atom is -0.310 e. The monoisotopic (exact) mass is 753 g/mol. The zero-order valence-electron chi connectivity index (χ0n) is 33.6. The third-order valence-corrected chi connectivity index (χ3v) is 12.7. The lowest BCUT2D eigenvalue weighted by Gasteiger charge is -2.28. The summed E-state index contributed by atoms with van der Waals surface area (Å²) in [5.74, 6) is 0. The number of hydrogen-bond donors (Lipinski definition) is 0. The van der Waals surface area contributed by atoms with Gasteiger partial charge in [-0.25, -0.2) is 0 Å². The minimum atomic E-state index is -0.108. The Balaban J connectivity index is 0.994. The number of aryl methyl sites for hydroxylation is 1. The van der Waals surface area contributed by atoms with Crippen molar-refractivity contribution in [2.24, 2.45) is 0 Å². The van der Waals surface area contributed by atoms with Crippen molar-refractivity contribution in [3.63, 3.8) is 0 Å². The van der Waals surface area contributed by atoms with E-state index < -0.39 is 0 Å². The van der Waals surface area contributed by atoms with Crippen LogP contribution in [0.4, 0.5) is 17.1 Å². The highest BCUT2D eigenvalue weighted by Gasteiger charge is 2.36. The topological polar surface area (TPSA) is 3.24 Å². The zero-order valence-corrected chi connectivity index (χ0v) is 33.6. The number of rotatable bonds is 6. The molecule has 0 heterocycles. The van der Waals surface area contributed by atoms with Gasteiger partial charge in [0, 0.05) is 22.5 Å².